The lowest BCUT2D eigenvalue weighted by atomic mass is 9.73. The molecule has 0 amide bonds. The normalized spacial score (nSPS) is 25.8. The molecule has 0 bridgehead atoms. The van der Waals surface area contributed by atoms with Gasteiger partial charge in [0, 0.05) is 43.6 Å². The summed E-state index contributed by atoms with van der Waals surface area (Å²) >= 11 is 0. The Balaban J connectivity index is 1.66. The van der Waals surface area contributed by atoms with Gasteiger partial charge >= 0.3 is 0 Å². The highest BCUT2D eigenvalue weighted by Gasteiger charge is 2.52. The van der Waals surface area contributed by atoms with Gasteiger partial charge in [-0.2, -0.15) is 0 Å². The Bertz CT molecular complexity index is 721. The zero-order valence-electron chi connectivity index (χ0n) is 13.9. The van der Waals surface area contributed by atoms with Gasteiger partial charge in [0.15, 0.2) is 0 Å². The second-order valence-corrected chi connectivity index (χ2v) is 6.94. The van der Waals surface area contributed by atoms with Crippen LogP contribution in [-0.2, 0) is 11.3 Å². The third-order valence-corrected chi connectivity index (χ3v) is 5.28. The van der Waals surface area contributed by atoms with Gasteiger partial charge in [0.2, 0.25) is 0 Å². The highest BCUT2D eigenvalue weighted by molar-refractivity contribution is 5.42. The van der Waals surface area contributed by atoms with Crippen molar-refractivity contribution in [1.82, 2.24) is 4.90 Å². The van der Waals surface area contributed by atoms with Crippen molar-refractivity contribution in [3.8, 4) is 5.75 Å². The van der Waals surface area contributed by atoms with Crippen molar-refractivity contribution in [2.45, 2.75) is 12.5 Å². The van der Waals surface area contributed by atoms with E-state index in [0.29, 0.717) is 19.0 Å². The predicted octanol–water partition coefficient (Wildman–Crippen LogP) is 3.45. The highest BCUT2D eigenvalue weighted by Crippen LogP contribution is 2.50. The maximum atomic E-state index is 14.5. The van der Waals surface area contributed by atoms with E-state index in [9.17, 15) is 4.39 Å². The second kappa shape index (κ2) is 6.19. The van der Waals surface area contributed by atoms with Crippen LogP contribution < -0.4 is 4.74 Å². The van der Waals surface area contributed by atoms with Crippen molar-refractivity contribution in [1.29, 1.82) is 0 Å². The van der Waals surface area contributed by atoms with Crippen molar-refractivity contribution >= 4 is 0 Å². The third-order valence-electron chi connectivity index (χ3n) is 5.28. The molecule has 0 radical (unpaired) electrons. The molecule has 2 atom stereocenters. The predicted molar refractivity (Wildman–Crippen MR) is 90.7 cm³/mol. The summed E-state index contributed by atoms with van der Waals surface area (Å²) in [5.74, 6) is 0.624. The fraction of sp³-hybridized carbons (Fsp3) is 0.400. The molecule has 4 heteroatoms. The maximum absolute atomic E-state index is 14.5. The van der Waals surface area contributed by atoms with Gasteiger partial charge < -0.3 is 9.47 Å². The van der Waals surface area contributed by atoms with Crippen molar-refractivity contribution in [2.75, 3.05) is 33.4 Å². The fourth-order valence-corrected chi connectivity index (χ4v) is 4.26. The first-order valence-corrected chi connectivity index (χ1v) is 8.38. The summed E-state index contributed by atoms with van der Waals surface area (Å²) < 4.78 is 26.0. The molecule has 2 aliphatic heterocycles. The molecule has 0 saturated carbocycles. The fourth-order valence-electron chi connectivity index (χ4n) is 4.26. The van der Waals surface area contributed by atoms with E-state index in [4.69, 9.17) is 9.47 Å². The van der Waals surface area contributed by atoms with Gasteiger partial charge in [-0.1, -0.05) is 36.4 Å². The molecule has 1 saturated heterocycles. The molecule has 0 spiro atoms. The molecule has 0 aliphatic carbocycles. The number of ether oxygens (including phenoxy) is 2. The number of hydrogen-bond donors (Lipinski definition) is 0. The Kier molecular flexibility index (Phi) is 4.02. The van der Waals surface area contributed by atoms with Crippen LogP contribution in [0.1, 0.15) is 17.0 Å². The van der Waals surface area contributed by atoms with E-state index in [1.165, 1.54) is 11.6 Å². The lowest BCUT2D eigenvalue weighted by molar-refractivity contribution is 0.0210. The van der Waals surface area contributed by atoms with Crippen LogP contribution in [0, 0.1) is 11.2 Å². The van der Waals surface area contributed by atoms with Gasteiger partial charge in [0.1, 0.15) is 11.6 Å². The average Bonchev–Trinajstić information content (AvgIpc) is 2.94. The minimum Gasteiger partial charge on any atom is -0.492 e. The number of rotatable bonds is 4. The van der Waals surface area contributed by atoms with E-state index in [1.54, 1.807) is 13.2 Å². The number of methoxy groups -OCH3 is 1. The Hall–Kier alpha value is -1.91. The van der Waals surface area contributed by atoms with E-state index < -0.39 is 0 Å². The van der Waals surface area contributed by atoms with Crippen molar-refractivity contribution in [3.63, 3.8) is 0 Å². The summed E-state index contributed by atoms with van der Waals surface area (Å²) in [6.45, 7) is 3.71. The molecule has 2 aromatic carbocycles. The third kappa shape index (κ3) is 2.60. The quantitative estimate of drug-likeness (QED) is 0.858. The van der Waals surface area contributed by atoms with Crippen molar-refractivity contribution < 1.29 is 13.9 Å². The number of halogens is 1. The molecule has 2 aliphatic rings. The molecular weight excluding hydrogens is 305 g/mol. The minimum atomic E-state index is -0.182. The lowest BCUT2D eigenvalue weighted by Crippen LogP contribution is -2.43. The monoisotopic (exact) mass is 327 g/mol. The Labute approximate surface area is 142 Å². The number of fused-ring (bicyclic) bond motifs is 3. The molecular formula is C20H22FNO2. The van der Waals surface area contributed by atoms with Crippen LogP contribution in [0.25, 0.3) is 0 Å². The summed E-state index contributed by atoms with van der Waals surface area (Å²) in [4.78, 5) is 2.39. The second-order valence-electron chi connectivity index (χ2n) is 6.94. The van der Waals surface area contributed by atoms with Gasteiger partial charge in [-0.3, -0.25) is 4.90 Å². The molecule has 0 N–H and O–H groups in total. The van der Waals surface area contributed by atoms with Crippen LogP contribution in [0.2, 0.25) is 0 Å². The molecule has 4 rings (SSSR count). The van der Waals surface area contributed by atoms with Gasteiger partial charge in [-0.05, 0) is 17.7 Å². The minimum absolute atomic E-state index is 0.103. The molecule has 2 heterocycles. The summed E-state index contributed by atoms with van der Waals surface area (Å²) in [7, 11) is 1.71. The molecule has 126 valence electrons. The number of benzene rings is 2. The van der Waals surface area contributed by atoms with Crippen LogP contribution in [0.4, 0.5) is 4.39 Å². The molecule has 24 heavy (non-hydrogen) atoms. The Morgan fingerprint density at radius 1 is 1.21 bits per heavy atom. The molecule has 3 nitrogen and oxygen atoms in total. The zero-order chi connectivity index (χ0) is 16.6. The first-order valence-electron chi connectivity index (χ1n) is 8.38. The molecule has 1 fully saturated rings. The smallest absolute Gasteiger partial charge is 0.130 e. The standard InChI is InChI=1S/C20H22FNO2/c1-23-13-20-12-22(10-15-6-3-2-4-7-15)11-16(20)19-17(21)8-5-9-18(19)24-14-20/h2-9,16H,10-14H2,1H3. The summed E-state index contributed by atoms with van der Waals surface area (Å²) in [6, 6.07) is 15.5. The molecule has 0 aromatic heterocycles. The van der Waals surface area contributed by atoms with E-state index in [1.807, 2.05) is 12.1 Å². The average molecular weight is 327 g/mol. The summed E-state index contributed by atoms with van der Waals surface area (Å²) in [5, 5.41) is 0. The van der Waals surface area contributed by atoms with Gasteiger partial charge in [-0.15, -0.1) is 0 Å². The Morgan fingerprint density at radius 3 is 2.83 bits per heavy atom. The number of nitrogens with zero attached hydrogens (tertiary/aromatic N) is 1. The lowest BCUT2D eigenvalue weighted by Gasteiger charge is -2.39. The summed E-state index contributed by atoms with van der Waals surface area (Å²) in [6.07, 6.45) is 0. The van der Waals surface area contributed by atoms with E-state index >= 15 is 0 Å². The Morgan fingerprint density at radius 2 is 2.04 bits per heavy atom. The number of hydrogen-bond acceptors (Lipinski definition) is 3. The van der Waals surface area contributed by atoms with Gasteiger partial charge in [-0.25, -0.2) is 4.39 Å². The van der Waals surface area contributed by atoms with Crippen LogP contribution in [0.15, 0.2) is 48.5 Å². The molecule has 2 unspecified atom stereocenters. The van der Waals surface area contributed by atoms with Crippen molar-refractivity contribution in [3.05, 3.63) is 65.5 Å². The van der Waals surface area contributed by atoms with E-state index in [2.05, 4.69) is 29.2 Å². The van der Waals surface area contributed by atoms with E-state index in [0.717, 1.165) is 25.2 Å². The van der Waals surface area contributed by atoms with Gasteiger partial charge in [0.05, 0.1) is 13.2 Å². The van der Waals surface area contributed by atoms with Crippen molar-refractivity contribution in [2.24, 2.45) is 5.41 Å². The van der Waals surface area contributed by atoms with Crippen LogP contribution >= 0.6 is 0 Å². The molecule has 2 aromatic rings. The highest BCUT2D eigenvalue weighted by atomic mass is 19.1. The first kappa shape index (κ1) is 15.6. The first-order chi connectivity index (χ1) is 11.7. The largest absolute Gasteiger partial charge is 0.492 e. The number of likely N-dealkylation sites (tertiary alicyclic amines) is 1. The maximum Gasteiger partial charge on any atom is 0.130 e. The van der Waals surface area contributed by atoms with Crippen LogP contribution in [-0.4, -0.2) is 38.3 Å². The topological polar surface area (TPSA) is 21.7 Å². The summed E-state index contributed by atoms with van der Waals surface area (Å²) in [5.41, 5.74) is 1.81. The zero-order valence-corrected chi connectivity index (χ0v) is 13.9. The van der Waals surface area contributed by atoms with Crippen LogP contribution in [0.3, 0.4) is 0 Å². The van der Waals surface area contributed by atoms with Gasteiger partial charge in [0.25, 0.3) is 0 Å². The van der Waals surface area contributed by atoms with Crippen LogP contribution in [0.5, 0.6) is 5.75 Å². The van der Waals surface area contributed by atoms with E-state index in [-0.39, 0.29) is 17.2 Å². The SMILES string of the molecule is COCC12COc3cccc(F)c3C1CN(Cc1ccccc1)C2.